The number of rotatable bonds is 5. The summed E-state index contributed by atoms with van der Waals surface area (Å²) in [7, 11) is 2.97. The van der Waals surface area contributed by atoms with E-state index < -0.39 is 5.91 Å². The Labute approximate surface area is 157 Å². The van der Waals surface area contributed by atoms with E-state index in [0.29, 0.717) is 27.8 Å². The molecule has 0 bridgehead atoms. The van der Waals surface area contributed by atoms with Gasteiger partial charge in [0, 0.05) is 5.69 Å². The standard InChI is InChI=1S/C20H19ClN2O3/c1-12-5-6-16(7-13(12)2)23-20(24)15(11-22)8-14-9-17(21)19(26-4)18(10-14)25-3/h5-10H,1-4H3,(H,23,24)/b15-8-. The van der Waals surface area contributed by atoms with E-state index in [9.17, 15) is 10.1 Å². The number of carbonyl (C=O) groups is 1. The summed E-state index contributed by atoms with van der Waals surface area (Å²) in [4.78, 5) is 12.4. The van der Waals surface area contributed by atoms with Crippen molar-refractivity contribution in [3.63, 3.8) is 0 Å². The molecular formula is C20H19ClN2O3. The van der Waals surface area contributed by atoms with Crippen LogP contribution < -0.4 is 14.8 Å². The Kier molecular flexibility index (Phi) is 6.26. The molecule has 0 aliphatic carbocycles. The smallest absolute Gasteiger partial charge is 0.266 e. The number of hydrogen-bond donors (Lipinski definition) is 1. The zero-order valence-corrected chi connectivity index (χ0v) is 15.8. The summed E-state index contributed by atoms with van der Waals surface area (Å²) < 4.78 is 10.4. The molecule has 6 heteroatoms. The Hall–Kier alpha value is -2.97. The van der Waals surface area contributed by atoms with Gasteiger partial charge in [-0.05, 0) is 60.9 Å². The molecule has 2 aromatic rings. The van der Waals surface area contributed by atoms with E-state index in [1.807, 2.05) is 32.0 Å². The molecule has 5 nitrogen and oxygen atoms in total. The number of ether oxygens (including phenoxy) is 2. The molecule has 0 aliphatic heterocycles. The topological polar surface area (TPSA) is 71.3 Å². The van der Waals surface area contributed by atoms with Crippen molar-refractivity contribution < 1.29 is 14.3 Å². The highest BCUT2D eigenvalue weighted by atomic mass is 35.5. The van der Waals surface area contributed by atoms with Crippen molar-refractivity contribution in [1.29, 1.82) is 5.26 Å². The maximum Gasteiger partial charge on any atom is 0.266 e. The number of nitrogens with one attached hydrogen (secondary N) is 1. The number of anilines is 1. The van der Waals surface area contributed by atoms with Gasteiger partial charge in [0.25, 0.3) is 5.91 Å². The molecule has 0 unspecified atom stereocenters. The number of nitrogens with zero attached hydrogens (tertiary/aromatic N) is 1. The minimum Gasteiger partial charge on any atom is -0.493 e. The fourth-order valence-corrected chi connectivity index (χ4v) is 2.65. The van der Waals surface area contributed by atoms with Crippen LogP contribution in [0.25, 0.3) is 6.08 Å². The Morgan fingerprint density at radius 3 is 2.46 bits per heavy atom. The number of aryl methyl sites for hydroxylation is 2. The van der Waals surface area contributed by atoms with Crippen molar-refractivity contribution in [2.45, 2.75) is 13.8 Å². The molecule has 1 N–H and O–H groups in total. The van der Waals surface area contributed by atoms with Crippen LogP contribution in [0.4, 0.5) is 5.69 Å². The van der Waals surface area contributed by atoms with Crippen LogP contribution >= 0.6 is 11.6 Å². The number of carbonyl (C=O) groups excluding carboxylic acids is 1. The average molecular weight is 371 g/mol. The molecule has 2 aromatic carbocycles. The summed E-state index contributed by atoms with van der Waals surface area (Å²) in [6, 6.07) is 10.7. The molecule has 0 aromatic heterocycles. The van der Waals surface area contributed by atoms with Gasteiger partial charge < -0.3 is 14.8 Å². The molecule has 0 aliphatic rings. The second-order valence-corrected chi connectivity index (χ2v) is 6.07. The van der Waals surface area contributed by atoms with Crippen molar-refractivity contribution in [1.82, 2.24) is 0 Å². The zero-order chi connectivity index (χ0) is 19.3. The summed E-state index contributed by atoms with van der Waals surface area (Å²) in [6.45, 7) is 3.94. The molecule has 0 saturated heterocycles. The fourth-order valence-electron chi connectivity index (χ4n) is 2.35. The Morgan fingerprint density at radius 2 is 1.88 bits per heavy atom. The largest absolute Gasteiger partial charge is 0.493 e. The Morgan fingerprint density at radius 1 is 1.15 bits per heavy atom. The normalized spacial score (nSPS) is 10.8. The van der Waals surface area contributed by atoms with E-state index in [4.69, 9.17) is 21.1 Å². The number of hydrogen-bond acceptors (Lipinski definition) is 4. The van der Waals surface area contributed by atoms with Gasteiger partial charge in [-0.25, -0.2) is 0 Å². The minimum absolute atomic E-state index is 0.0495. The highest BCUT2D eigenvalue weighted by Crippen LogP contribution is 2.36. The quantitative estimate of drug-likeness (QED) is 0.620. The number of halogens is 1. The first-order valence-corrected chi connectivity index (χ1v) is 8.19. The van der Waals surface area contributed by atoms with Crippen molar-refractivity contribution in [2.75, 3.05) is 19.5 Å². The first-order chi connectivity index (χ1) is 12.4. The predicted octanol–water partition coefficient (Wildman–Crippen LogP) is 4.52. The van der Waals surface area contributed by atoms with E-state index in [0.717, 1.165) is 11.1 Å². The van der Waals surface area contributed by atoms with Crippen molar-refractivity contribution in [3.05, 3.63) is 57.6 Å². The summed E-state index contributed by atoms with van der Waals surface area (Å²) in [5.74, 6) is 0.309. The van der Waals surface area contributed by atoms with Crippen LogP contribution in [0.2, 0.25) is 5.02 Å². The van der Waals surface area contributed by atoms with E-state index in [1.165, 1.54) is 20.3 Å². The zero-order valence-electron chi connectivity index (χ0n) is 15.0. The van der Waals surface area contributed by atoms with Crippen molar-refractivity contribution in [2.24, 2.45) is 0 Å². The first-order valence-electron chi connectivity index (χ1n) is 7.81. The molecule has 0 atom stereocenters. The van der Waals surface area contributed by atoms with E-state index >= 15 is 0 Å². The van der Waals surface area contributed by atoms with Crippen LogP contribution in [0.3, 0.4) is 0 Å². The molecule has 0 spiro atoms. The highest BCUT2D eigenvalue weighted by Gasteiger charge is 2.13. The maximum absolute atomic E-state index is 12.4. The number of benzene rings is 2. The second-order valence-electron chi connectivity index (χ2n) is 5.66. The van der Waals surface area contributed by atoms with Gasteiger partial charge in [-0.3, -0.25) is 4.79 Å². The lowest BCUT2D eigenvalue weighted by Gasteiger charge is -2.11. The maximum atomic E-state index is 12.4. The summed E-state index contributed by atoms with van der Waals surface area (Å²) in [5.41, 5.74) is 3.31. The monoisotopic (exact) mass is 370 g/mol. The molecule has 0 fully saturated rings. The Balaban J connectivity index is 2.32. The average Bonchev–Trinajstić information content (AvgIpc) is 2.62. The molecular weight excluding hydrogens is 352 g/mol. The molecule has 26 heavy (non-hydrogen) atoms. The van der Waals surface area contributed by atoms with Gasteiger partial charge in [0.15, 0.2) is 11.5 Å². The SMILES string of the molecule is COc1cc(/C=C(/C#N)C(=O)Nc2ccc(C)c(C)c2)cc(Cl)c1OC. The van der Waals surface area contributed by atoms with Gasteiger partial charge in [-0.15, -0.1) is 0 Å². The van der Waals surface area contributed by atoms with Crippen molar-refractivity contribution in [3.8, 4) is 17.6 Å². The van der Waals surface area contributed by atoms with Crippen molar-refractivity contribution >= 4 is 29.3 Å². The van der Waals surface area contributed by atoms with Gasteiger partial charge in [-0.1, -0.05) is 17.7 Å². The van der Waals surface area contributed by atoms with Gasteiger partial charge in [0.05, 0.1) is 19.2 Å². The Bertz CT molecular complexity index is 914. The molecule has 1 amide bonds. The molecule has 0 radical (unpaired) electrons. The van der Waals surface area contributed by atoms with Gasteiger partial charge in [0.1, 0.15) is 11.6 Å². The number of methoxy groups -OCH3 is 2. The van der Waals surface area contributed by atoms with Crippen LogP contribution in [-0.4, -0.2) is 20.1 Å². The summed E-state index contributed by atoms with van der Waals surface area (Å²) >= 11 is 6.16. The molecule has 0 heterocycles. The number of nitriles is 1. The summed E-state index contributed by atoms with van der Waals surface area (Å²) in [6.07, 6.45) is 1.45. The van der Waals surface area contributed by atoms with E-state index in [-0.39, 0.29) is 5.57 Å². The fraction of sp³-hybridized carbons (Fsp3) is 0.200. The van der Waals surface area contributed by atoms with Gasteiger partial charge in [-0.2, -0.15) is 5.26 Å². The predicted molar refractivity (Wildman–Crippen MR) is 103 cm³/mol. The lowest BCUT2D eigenvalue weighted by molar-refractivity contribution is -0.112. The minimum atomic E-state index is -0.498. The molecule has 2 rings (SSSR count). The molecule has 0 saturated carbocycles. The lowest BCUT2D eigenvalue weighted by atomic mass is 10.1. The third kappa shape index (κ3) is 4.35. The van der Waals surface area contributed by atoms with Gasteiger partial charge in [0.2, 0.25) is 0 Å². The van der Waals surface area contributed by atoms with Crippen LogP contribution in [0, 0.1) is 25.2 Å². The van der Waals surface area contributed by atoms with E-state index in [2.05, 4.69) is 5.32 Å². The third-order valence-corrected chi connectivity index (χ3v) is 4.18. The second kappa shape index (κ2) is 8.41. The summed E-state index contributed by atoms with van der Waals surface area (Å²) in [5, 5.41) is 12.4. The number of amides is 1. The molecule has 134 valence electrons. The van der Waals surface area contributed by atoms with E-state index in [1.54, 1.807) is 18.2 Å². The third-order valence-electron chi connectivity index (χ3n) is 3.90. The first kappa shape index (κ1) is 19.4. The lowest BCUT2D eigenvalue weighted by Crippen LogP contribution is -2.13. The van der Waals surface area contributed by atoms with Crippen LogP contribution in [0.15, 0.2) is 35.9 Å². The van der Waals surface area contributed by atoms with Crippen LogP contribution in [0.1, 0.15) is 16.7 Å². The highest BCUT2D eigenvalue weighted by molar-refractivity contribution is 6.32. The van der Waals surface area contributed by atoms with Crippen LogP contribution in [0.5, 0.6) is 11.5 Å². The van der Waals surface area contributed by atoms with Gasteiger partial charge >= 0.3 is 0 Å². The van der Waals surface area contributed by atoms with Crippen LogP contribution in [-0.2, 0) is 4.79 Å².